The molecule has 2 rings (SSSR count). The molecule has 4 heteroatoms. The van der Waals surface area contributed by atoms with Gasteiger partial charge in [-0.1, -0.05) is 43.2 Å². The fourth-order valence-corrected chi connectivity index (χ4v) is 2.02. The fraction of sp³-hybridized carbons (Fsp3) is 0.500. The average molecular weight is 249 g/mol. The number of nitrogens with one attached hydrogen (secondary N) is 1. The molecule has 4 nitrogen and oxygen atoms in total. The van der Waals surface area contributed by atoms with Crippen LogP contribution in [0.25, 0.3) is 0 Å². The zero-order valence-corrected chi connectivity index (χ0v) is 10.4. The Balaban J connectivity index is 1.57. The molecule has 1 saturated carbocycles. The van der Waals surface area contributed by atoms with Crippen molar-refractivity contribution in [3.63, 3.8) is 0 Å². The number of hydrogen-bond donors (Lipinski definition) is 1. The second kappa shape index (κ2) is 7.13. The first-order chi connectivity index (χ1) is 8.84. The van der Waals surface area contributed by atoms with Crippen LogP contribution in [-0.4, -0.2) is 18.6 Å². The summed E-state index contributed by atoms with van der Waals surface area (Å²) in [5, 5.41) is 0. The first-order valence-corrected chi connectivity index (χ1v) is 6.41. The van der Waals surface area contributed by atoms with Crippen LogP contribution in [0.3, 0.4) is 0 Å². The van der Waals surface area contributed by atoms with Crippen molar-refractivity contribution in [3.8, 4) is 0 Å². The SMILES string of the molecule is O=C(COCc1ccccc1)NOC1CCCC1. The molecule has 18 heavy (non-hydrogen) atoms. The molecular weight excluding hydrogens is 230 g/mol. The number of carbonyl (C=O) groups is 1. The molecule has 1 fully saturated rings. The number of ether oxygens (including phenoxy) is 1. The number of amides is 1. The van der Waals surface area contributed by atoms with Gasteiger partial charge >= 0.3 is 0 Å². The molecule has 0 spiro atoms. The summed E-state index contributed by atoms with van der Waals surface area (Å²) in [5.74, 6) is -0.224. The summed E-state index contributed by atoms with van der Waals surface area (Å²) < 4.78 is 5.30. The molecule has 0 atom stereocenters. The normalized spacial score (nSPS) is 15.8. The number of hydroxylamine groups is 1. The van der Waals surface area contributed by atoms with Gasteiger partial charge in [-0.05, 0) is 18.4 Å². The Hall–Kier alpha value is -1.39. The Kier molecular flexibility index (Phi) is 5.17. The van der Waals surface area contributed by atoms with Gasteiger partial charge in [-0.15, -0.1) is 0 Å². The number of benzene rings is 1. The lowest BCUT2D eigenvalue weighted by Crippen LogP contribution is -2.31. The van der Waals surface area contributed by atoms with Gasteiger partial charge in [0.1, 0.15) is 6.61 Å². The van der Waals surface area contributed by atoms with Crippen LogP contribution in [0, 0.1) is 0 Å². The predicted molar refractivity (Wildman–Crippen MR) is 67.6 cm³/mol. The number of hydrogen-bond acceptors (Lipinski definition) is 3. The van der Waals surface area contributed by atoms with E-state index in [1.807, 2.05) is 30.3 Å². The molecule has 98 valence electrons. The third-order valence-corrected chi connectivity index (χ3v) is 2.99. The summed E-state index contributed by atoms with van der Waals surface area (Å²) >= 11 is 0. The maximum absolute atomic E-state index is 11.4. The Labute approximate surface area is 107 Å². The Morgan fingerprint density at radius 3 is 2.67 bits per heavy atom. The van der Waals surface area contributed by atoms with E-state index in [-0.39, 0.29) is 18.6 Å². The van der Waals surface area contributed by atoms with Crippen LogP contribution in [0.5, 0.6) is 0 Å². The topological polar surface area (TPSA) is 47.6 Å². The highest BCUT2D eigenvalue weighted by Gasteiger charge is 2.16. The second-order valence-corrected chi connectivity index (χ2v) is 4.53. The summed E-state index contributed by atoms with van der Waals surface area (Å²) in [6.07, 6.45) is 4.62. The minimum absolute atomic E-state index is 0.0294. The largest absolute Gasteiger partial charge is 0.367 e. The van der Waals surface area contributed by atoms with Crippen LogP contribution in [0.1, 0.15) is 31.2 Å². The van der Waals surface area contributed by atoms with Gasteiger partial charge < -0.3 is 4.74 Å². The van der Waals surface area contributed by atoms with Gasteiger partial charge in [-0.2, -0.15) is 0 Å². The van der Waals surface area contributed by atoms with Crippen molar-refractivity contribution >= 4 is 5.91 Å². The molecule has 0 saturated heterocycles. The van der Waals surface area contributed by atoms with Crippen molar-refractivity contribution in [1.29, 1.82) is 0 Å². The minimum Gasteiger partial charge on any atom is -0.367 e. The van der Waals surface area contributed by atoms with E-state index in [1.54, 1.807) is 0 Å². The summed E-state index contributed by atoms with van der Waals surface area (Å²) in [7, 11) is 0. The fourth-order valence-electron chi connectivity index (χ4n) is 2.02. The molecule has 1 aliphatic carbocycles. The molecule has 0 bridgehead atoms. The smallest absolute Gasteiger partial charge is 0.269 e. The lowest BCUT2D eigenvalue weighted by Gasteiger charge is -2.11. The van der Waals surface area contributed by atoms with Gasteiger partial charge in [-0.3, -0.25) is 9.63 Å². The highest BCUT2D eigenvalue weighted by molar-refractivity contribution is 5.76. The number of carbonyl (C=O) groups excluding carboxylic acids is 1. The van der Waals surface area contributed by atoms with E-state index in [2.05, 4.69) is 5.48 Å². The molecule has 0 heterocycles. The third kappa shape index (κ3) is 4.47. The van der Waals surface area contributed by atoms with Crippen LogP contribution >= 0.6 is 0 Å². The van der Waals surface area contributed by atoms with Crippen molar-refractivity contribution in [1.82, 2.24) is 5.48 Å². The molecular formula is C14H19NO3. The van der Waals surface area contributed by atoms with E-state index in [0.717, 1.165) is 18.4 Å². The third-order valence-electron chi connectivity index (χ3n) is 2.99. The van der Waals surface area contributed by atoms with E-state index in [1.165, 1.54) is 12.8 Å². The lowest BCUT2D eigenvalue weighted by atomic mass is 10.2. The van der Waals surface area contributed by atoms with E-state index in [4.69, 9.17) is 9.57 Å². The first-order valence-electron chi connectivity index (χ1n) is 6.41. The van der Waals surface area contributed by atoms with Crippen LogP contribution < -0.4 is 5.48 Å². The van der Waals surface area contributed by atoms with E-state index >= 15 is 0 Å². The molecule has 1 aromatic carbocycles. The lowest BCUT2D eigenvalue weighted by molar-refractivity contribution is -0.143. The monoisotopic (exact) mass is 249 g/mol. The molecule has 1 amide bonds. The van der Waals surface area contributed by atoms with Gasteiger partial charge in [0.05, 0.1) is 12.7 Å². The van der Waals surface area contributed by atoms with Crippen LogP contribution in [-0.2, 0) is 21.0 Å². The molecule has 1 aromatic rings. The van der Waals surface area contributed by atoms with Gasteiger partial charge in [0.2, 0.25) is 0 Å². The van der Waals surface area contributed by atoms with Gasteiger partial charge in [0.15, 0.2) is 0 Å². The van der Waals surface area contributed by atoms with Crippen LogP contribution in [0.15, 0.2) is 30.3 Å². The first kappa shape index (κ1) is 13.1. The molecule has 0 unspecified atom stereocenters. The quantitative estimate of drug-likeness (QED) is 0.786. The molecule has 0 radical (unpaired) electrons. The summed E-state index contributed by atoms with van der Waals surface area (Å²) in [6, 6.07) is 9.77. The molecule has 0 aliphatic heterocycles. The Bertz CT molecular complexity index is 361. The van der Waals surface area contributed by atoms with Crippen molar-refractivity contribution in [2.75, 3.05) is 6.61 Å². The standard InChI is InChI=1S/C14H19NO3/c16-14(15-18-13-8-4-5-9-13)11-17-10-12-6-2-1-3-7-12/h1-3,6-7,13H,4-5,8-11H2,(H,15,16). The number of rotatable bonds is 6. The van der Waals surface area contributed by atoms with Gasteiger partial charge in [0, 0.05) is 0 Å². The van der Waals surface area contributed by atoms with Crippen molar-refractivity contribution < 1.29 is 14.4 Å². The predicted octanol–water partition coefficient (Wildman–Crippen LogP) is 2.19. The minimum atomic E-state index is -0.224. The Morgan fingerprint density at radius 1 is 1.22 bits per heavy atom. The maximum Gasteiger partial charge on any atom is 0.269 e. The molecule has 1 N–H and O–H groups in total. The second-order valence-electron chi connectivity index (χ2n) is 4.53. The molecule has 1 aliphatic rings. The van der Waals surface area contributed by atoms with E-state index in [0.29, 0.717) is 6.61 Å². The van der Waals surface area contributed by atoms with E-state index in [9.17, 15) is 4.79 Å². The van der Waals surface area contributed by atoms with Crippen molar-refractivity contribution in [2.45, 2.75) is 38.4 Å². The zero-order chi connectivity index (χ0) is 12.6. The van der Waals surface area contributed by atoms with Crippen molar-refractivity contribution in [3.05, 3.63) is 35.9 Å². The summed E-state index contributed by atoms with van der Waals surface area (Å²) in [5.41, 5.74) is 3.50. The van der Waals surface area contributed by atoms with Crippen molar-refractivity contribution in [2.24, 2.45) is 0 Å². The zero-order valence-electron chi connectivity index (χ0n) is 10.4. The highest BCUT2D eigenvalue weighted by Crippen LogP contribution is 2.19. The summed E-state index contributed by atoms with van der Waals surface area (Å²) in [6.45, 7) is 0.472. The van der Waals surface area contributed by atoms with E-state index < -0.39 is 0 Å². The van der Waals surface area contributed by atoms with Crippen LogP contribution in [0.2, 0.25) is 0 Å². The van der Waals surface area contributed by atoms with Gasteiger partial charge in [0.25, 0.3) is 5.91 Å². The Morgan fingerprint density at radius 2 is 1.94 bits per heavy atom. The highest BCUT2D eigenvalue weighted by atomic mass is 16.7. The average Bonchev–Trinajstić information content (AvgIpc) is 2.91. The van der Waals surface area contributed by atoms with Crippen LogP contribution in [0.4, 0.5) is 0 Å². The van der Waals surface area contributed by atoms with Gasteiger partial charge in [-0.25, -0.2) is 5.48 Å². The summed E-state index contributed by atoms with van der Waals surface area (Å²) in [4.78, 5) is 16.7. The molecule has 0 aromatic heterocycles. The maximum atomic E-state index is 11.4.